The molecule has 60 heavy (non-hydrogen) atoms. The van der Waals surface area contributed by atoms with Gasteiger partial charge in [-0.3, -0.25) is 33.8 Å². The number of carbonyl (C=O) groups is 7. The van der Waals surface area contributed by atoms with Crippen LogP contribution in [0, 0.1) is 5.92 Å². The second-order valence-corrected chi connectivity index (χ2v) is 15.5. The second-order valence-electron chi connectivity index (χ2n) is 15.5. The molecule has 20 heteroatoms. The minimum absolute atomic E-state index is 0.0596. The largest absolute Gasteiger partial charge is 0.481 e. The van der Waals surface area contributed by atoms with Crippen LogP contribution in [0.2, 0.25) is 0 Å². The van der Waals surface area contributed by atoms with Crippen LogP contribution in [0.3, 0.4) is 0 Å². The van der Waals surface area contributed by atoms with Gasteiger partial charge in [0.15, 0.2) is 5.96 Å². The number of carbonyl (C=O) groups excluding carboxylic acids is 5. The van der Waals surface area contributed by atoms with Crippen LogP contribution in [-0.2, 0) is 40.0 Å². The summed E-state index contributed by atoms with van der Waals surface area (Å²) < 4.78 is 0. The fourth-order valence-corrected chi connectivity index (χ4v) is 7.21. The lowest BCUT2D eigenvalue weighted by Gasteiger charge is -2.31. The van der Waals surface area contributed by atoms with Gasteiger partial charge >= 0.3 is 11.9 Å². The molecule has 14 N–H and O–H groups in total. The predicted octanol–water partition coefficient (Wildman–Crippen LogP) is -0.593. The summed E-state index contributed by atoms with van der Waals surface area (Å²) in [6.07, 6.45) is 3.84. The topological polar surface area (TPSA) is 330 Å². The van der Waals surface area contributed by atoms with Crippen molar-refractivity contribution in [1.29, 1.82) is 0 Å². The Hall–Kier alpha value is -5.76. The number of fused-ring (bicyclic) bond motifs is 1. The molecule has 0 aliphatic carbocycles. The number of likely N-dealkylation sites (N-methyl/N-ethyl adjacent to an activating group) is 1. The summed E-state index contributed by atoms with van der Waals surface area (Å²) in [5.74, 6) is -5.93. The molecule has 1 aromatic carbocycles. The van der Waals surface area contributed by atoms with Gasteiger partial charge in [0.1, 0.15) is 30.2 Å². The Kier molecular flexibility index (Phi) is 19.7. The molecule has 1 saturated heterocycles. The first-order valence-electron chi connectivity index (χ1n) is 20.5. The van der Waals surface area contributed by atoms with E-state index in [4.69, 9.17) is 17.2 Å². The zero-order valence-corrected chi connectivity index (χ0v) is 34.7. The molecule has 1 fully saturated rings. The van der Waals surface area contributed by atoms with Crippen molar-refractivity contribution in [1.82, 2.24) is 36.5 Å². The van der Waals surface area contributed by atoms with Gasteiger partial charge in [0.25, 0.3) is 0 Å². The molecule has 1 aliphatic heterocycles. The molecule has 0 saturated carbocycles. The van der Waals surface area contributed by atoms with E-state index in [0.29, 0.717) is 50.8 Å². The smallest absolute Gasteiger partial charge is 0.326 e. The van der Waals surface area contributed by atoms with E-state index in [9.17, 15) is 43.8 Å². The first-order valence-corrected chi connectivity index (χ1v) is 20.5. The third-order valence-corrected chi connectivity index (χ3v) is 10.3. The minimum Gasteiger partial charge on any atom is -0.481 e. The lowest BCUT2D eigenvalue weighted by atomic mass is 10.0. The molecule has 0 unspecified atom stereocenters. The van der Waals surface area contributed by atoms with Crippen LogP contribution in [0.25, 0.3) is 10.9 Å². The highest BCUT2D eigenvalue weighted by atomic mass is 16.4. The first-order chi connectivity index (χ1) is 28.6. The zero-order valence-electron chi connectivity index (χ0n) is 34.7. The van der Waals surface area contributed by atoms with E-state index in [-0.39, 0.29) is 50.5 Å². The number of carboxylic acids is 2. The molecule has 6 atom stereocenters. The standard InChI is InChI=1S/C40H63N11O9/c1-23(2)20-31(39(59)60)50-35(55)28(15-16-33(52)53)47-36(56)30(21-24-22-46-26-11-5-4-10-25(24)26)49-37(57)32-14-9-19-51(32)38(58)29(12-6-7-17-41)48-34(54)27(44-3)13-8-18-45-40(42)43/h4-5,10-11,22-23,27-32,44,46H,6-9,12-21,41H2,1-3H3,(H,47,56)(H,48,54)(H,49,57)(H,50,55)(H,52,53)(H,59,60)(H4,42,43,45)/t27-,28-,29-,30-,31-,32-/m0/s1. The van der Waals surface area contributed by atoms with E-state index >= 15 is 0 Å². The fourth-order valence-electron chi connectivity index (χ4n) is 7.21. The number of aromatic nitrogens is 1. The second kappa shape index (κ2) is 24.4. The number of H-pyrrole nitrogens is 1. The lowest BCUT2D eigenvalue weighted by Crippen LogP contribution is -2.59. The number of aromatic amines is 1. The van der Waals surface area contributed by atoms with Crippen LogP contribution >= 0.6 is 0 Å². The summed E-state index contributed by atoms with van der Waals surface area (Å²) in [6, 6.07) is 0.595. The summed E-state index contributed by atoms with van der Waals surface area (Å²) in [4.78, 5) is 102. The number of benzene rings is 1. The van der Waals surface area contributed by atoms with Gasteiger partial charge in [-0.05, 0) is 88.9 Å². The fraction of sp³-hybridized carbons (Fsp3) is 0.600. The van der Waals surface area contributed by atoms with Gasteiger partial charge in [-0.2, -0.15) is 0 Å². The molecule has 2 heterocycles. The molecule has 3 rings (SSSR count). The number of nitrogens with zero attached hydrogens (tertiary/aromatic N) is 2. The number of nitrogens with one attached hydrogen (secondary N) is 6. The average Bonchev–Trinajstić information content (AvgIpc) is 3.86. The van der Waals surface area contributed by atoms with E-state index in [0.717, 1.165) is 10.9 Å². The normalized spacial score (nSPS) is 16.3. The van der Waals surface area contributed by atoms with Gasteiger partial charge in [-0.15, -0.1) is 0 Å². The maximum absolute atomic E-state index is 14.2. The molecule has 0 bridgehead atoms. The summed E-state index contributed by atoms with van der Waals surface area (Å²) in [6.45, 7) is 4.47. The summed E-state index contributed by atoms with van der Waals surface area (Å²) in [7, 11) is 1.63. The number of hydrogen-bond donors (Lipinski definition) is 11. The minimum atomic E-state index is -1.46. The number of amides is 5. The first kappa shape index (κ1) is 48.6. The summed E-state index contributed by atoms with van der Waals surface area (Å²) >= 11 is 0. The summed E-state index contributed by atoms with van der Waals surface area (Å²) in [5.41, 5.74) is 18.0. The van der Waals surface area contributed by atoms with E-state index < -0.39 is 84.1 Å². The van der Waals surface area contributed by atoms with Gasteiger partial charge in [-0.25, -0.2) is 4.79 Å². The van der Waals surface area contributed by atoms with Crippen LogP contribution in [-0.4, -0.2) is 130 Å². The van der Waals surface area contributed by atoms with Gasteiger partial charge in [0, 0.05) is 43.0 Å². The maximum Gasteiger partial charge on any atom is 0.326 e. The molecule has 1 aromatic heterocycles. The van der Waals surface area contributed by atoms with Crippen molar-refractivity contribution in [3.05, 3.63) is 36.0 Å². The number of hydrogen-bond acceptors (Lipinski definition) is 10. The SMILES string of the molecule is CN[C@@H](CCCN=C(N)N)C(=O)N[C@@H](CCCCN)C(=O)N1CCC[C@H]1C(=O)N[C@@H](Cc1c[nH]c2ccccc12)C(=O)N[C@@H](CCC(=O)O)C(=O)N[C@@H](CC(C)C)C(=O)O. The number of nitrogens with two attached hydrogens (primary N) is 3. The molecule has 5 amide bonds. The van der Waals surface area contributed by atoms with Crippen molar-refractivity contribution in [3.63, 3.8) is 0 Å². The van der Waals surface area contributed by atoms with Crippen LogP contribution < -0.4 is 43.8 Å². The lowest BCUT2D eigenvalue weighted by molar-refractivity contribution is -0.143. The van der Waals surface area contributed by atoms with Crippen molar-refractivity contribution in [2.45, 2.75) is 121 Å². The number of guanidine groups is 1. The van der Waals surface area contributed by atoms with Crippen molar-refractivity contribution >= 4 is 58.3 Å². The van der Waals surface area contributed by atoms with Crippen LogP contribution in [0.4, 0.5) is 0 Å². The highest BCUT2D eigenvalue weighted by Gasteiger charge is 2.40. The van der Waals surface area contributed by atoms with E-state index in [1.165, 1.54) is 4.90 Å². The van der Waals surface area contributed by atoms with Crippen molar-refractivity contribution in [2.24, 2.45) is 28.1 Å². The molecular weight excluding hydrogens is 779 g/mol. The zero-order chi connectivity index (χ0) is 44.4. The van der Waals surface area contributed by atoms with Crippen molar-refractivity contribution < 1.29 is 43.8 Å². The molecule has 0 radical (unpaired) electrons. The van der Waals surface area contributed by atoms with Crippen molar-refractivity contribution in [2.75, 3.05) is 26.7 Å². The van der Waals surface area contributed by atoms with Gasteiger partial charge in [-0.1, -0.05) is 32.0 Å². The Morgan fingerprint density at radius 3 is 2.15 bits per heavy atom. The molecule has 2 aromatic rings. The molecule has 0 spiro atoms. The molecule has 20 nitrogen and oxygen atoms in total. The van der Waals surface area contributed by atoms with E-state index in [1.54, 1.807) is 27.1 Å². The number of aliphatic carboxylic acids is 2. The Morgan fingerprint density at radius 1 is 0.850 bits per heavy atom. The maximum atomic E-state index is 14.2. The number of para-hydroxylation sites is 1. The van der Waals surface area contributed by atoms with Crippen LogP contribution in [0.15, 0.2) is 35.5 Å². The average molecular weight is 842 g/mol. The number of unbranched alkanes of at least 4 members (excludes halogenated alkanes) is 1. The van der Waals surface area contributed by atoms with E-state index in [2.05, 4.69) is 36.6 Å². The van der Waals surface area contributed by atoms with Crippen LogP contribution in [0.1, 0.15) is 83.6 Å². The predicted molar refractivity (Wildman–Crippen MR) is 224 cm³/mol. The highest BCUT2D eigenvalue weighted by molar-refractivity contribution is 5.97. The Balaban J connectivity index is 1.89. The number of aliphatic imine (C=N–C) groups is 1. The third-order valence-electron chi connectivity index (χ3n) is 10.3. The van der Waals surface area contributed by atoms with Crippen LogP contribution in [0.5, 0.6) is 0 Å². The van der Waals surface area contributed by atoms with Gasteiger partial charge < -0.3 is 63.9 Å². The summed E-state index contributed by atoms with van der Waals surface area (Å²) in [5, 5.41) is 33.6. The molecular formula is C40H63N11O9. The number of carboxylic acid groups (broad SMARTS) is 2. The Morgan fingerprint density at radius 2 is 1.50 bits per heavy atom. The number of rotatable bonds is 26. The Labute approximate surface area is 349 Å². The monoisotopic (exact) mass is 841 g/mol. The quantitative estimate of drug-likeness (QED) is 0.0321. The van der Waals surface area contributed by atoms with Gasteiger partial charge in [0.2, 0.25) is 29.5 Å². The number of likely N-dealkylation sites (tertiary alicyclic amines) is 1. The van der Waals surface area contributed by atoms with E-state index in [1.807, 2.05) is 24.3 Å². The van der Waals surface area contributed by atoms with Gasteiger partial charge in [0.05, 0.1) is 6.04 Å². The molecule has 332 valence electrons. The third kappa shape index (κ3) is 15.1. The molecule has 1 aliphatic rings. The highest BCUT2D eigenvalue weighted by Crippen LogP contribution is 2.23. The Bertz CT molecular complexity index is 1810. The van der Waals surface area contributed by atoms with Crippen molar-refractivity contribution in [3.8, 4) is 0 Å².